The van der Waals surface area contributed by atoms with Gasteiger partial charge in [-0.15, -0.1) is 0 Å². The molecule has 1 heterocycles. The number of sulfone groups is 1. The first-order valence-corrected chi connectivity index (χ1v) is 10.3. The maximum Gasteiger partial charge on any atom is 0.210 e. The Balaban J connectivity index is 1.72. The molecule has 0 radical (unpaired) electrons. The Morgan fingerprint density at radius 3 is 2.07 bits per heavy atom. The first-order valence-electron chi connectivity index (χ1n) is 8.83. The second kappa shape index (κ2) is 5.89. The number of carbonyl (C=O) groups is 2. The van der Waals surface area contributed by atoms with Crippen molar-refractivity contribution in [2.75, 3.05) is 5.73 Å². The van der Waals surface area contributed by atoms with Gasteiger partial charge < -0.3 is 10.7 Å². The van der Waals surface area contributed by atoms with Crippen LogP contribution in [0.15, 0.2) is 76.5 Å². The minimum absolute atomic E-state index is 0.0377. The third kappa shape index (κ3) is 2.44. The maximum atomic E-state index is 13.1. The lowest BCUT2D eigenvalue weighted by molar-refractivity contribution is 0.0978. The molecule has 0 amide bonds. The lowest BCUT2D eigenvalue weighted by Gasteiger charge is -2.14. The average Bonchev–Trinajstić information content (AvgIpc) is 3.11. The summed E-state index contributed by atoms with van der Waals surface area (Å²) in [5.41, 5.74) is 7.68. The van der Waals surface area contributed by atoms with Gasteiger partial charge in [0.25, 0.3) is 0 Å². The number of ketones is 2. The van der Waals surface area contributed by atoms with E-state index in [-0.39, 0.29) is 32.6 Å². The highest BCUT2D eigenvalue weighted by Crippen LogP contribution is 2.34. The lowest BCUT2D eigenvalue weighted by Crippen LogP contribution is -2.20. The molecule has 1 aliphatic rings. The summed E-state index contributed by atoms with van der Waals surface area (Å²) >= 11 is 0. The minimum atomic E-state index is -3.81. The van der Waals surface area contributed by atoms with Crippen LogP contribution in [0, 0.1) is 0 Å². The number of nitrogen functional groups attached to an aromatic ring is 1. The van der Waals surface area contributed by atoms with Gasteiger partial charge in [-0.3, -0.25) is 9.59 Å². The number of anilines is 1. The molecule has 3 aromatic carbocycles. The number of hydrogen-bond acceptors (Lipinski definition) is 5. The van der Waals surface area contributed by atoms with Crippen molar-refractivity contribution in [3.63, 3.8) is 0 Å². The van der Waals surface area contributed by atoms with Crippen LogP contribution in [-0.2, 0) is 9.84 Å². The molecule has 6 nitrogen and oxygen atoms in total. The van der Waals surface area contributed by atoms with E-state index >= 15 is 0 Å². The molecule has 142 valence electrons. The number of nitrogens with one attached hydrogen (secondary N) is 1. The third-order valence-electron chi connectivity index (χ3n) is 5.14. The molecular formula is C22H14N2O4S. The first kappa shape index (κ1) is 17.4. The fourth-order valence-corrected chi connectivity index (χ4v) is 4.96. The Morgan fingerprint density at radius 1 is 0.759 bits per heavy atom. The van der Waals surface area contributed by atoms with Gasteiger partial charge in [0.15, 0.2) is 5.78 Å². The van der Waals surface area contributed by atoms with E-state index in [0.717, 1.165) is 0 Å². The van der Waals surface area contributed by atoms with Crippen LogP contribution < -0.4 is 5.73 Å². The standard InChI is InChI=1S/C22H14N2O4S/c23-12-5-7-13(8-6-12)29(27,28)14-9-10-18-17(11-14)19-20(24-18)22(26)16-4-2-1-3-15(16)21(19)25/h1-11,24H,23H2. The molecule has 0 saturated heterocycles. The van der Waals surface area contributed by atoms with Crippen LogP contribution in [0.4, 0.5) is 5.69 Å². The number of aromatic nitrogens is 1. The van der Waals surface area contributed by atoms with E-state index < -0.39 is 9.84 Å². The highest BCUT2D eigenvalue weighted by Gasteiger charge is 2.33. The highest BCUT2D eigenvalue weighted by atomic mass is 32.2. The quantitative estimate of drug-likeness (QED) is 0.440. The Hall–Kier alpha value is -3.71. The molecule has 0 bridgehead atoms. The van der Waals surface area contributed by atoms with E-state index in [1.807, 2.05) is 0 Å². The van der Waals surface area contributed by atoms with Crippen molar-refractivity contribution >= 4 is 38.0 Å². The normalized spacial score (nSPS) is 13.4. The van der Waals surface area contributed by atoms with Crippen molar-refractivity contribution in [2.45, 2.75) is 9.79 Å². The van der Waals surface area contributed by atoms with Crippen molar-refractivity contribution in [3.05, 3.63) is 89.1 Å². The average molecular weight is 402 g/mol. The molecule has 3 N–H and O–H groups in total. The molecule has 0 atom stereocenters. The van der Waals surface area contributed by atoms with Crippen LogP contribution >= 0.6 is 0 Å². The number of hydrogen-bond donors (Lipinski definition) is 2. The van der Waals surface area contributed by atoms with Gasteiger partial charge in [-0.1, -0.05) is 24.3 Å². The van der Waals surface area contributed by atoms with Crippen molar-refractivity contribution in [3.8, 4) is 0 Å². The molecule has 0 spiro atoms. The van der Waals surface area contributed by atoms with Crippen LogP contribution in [0.2, 0.25) is 0 Å². The van der Waals surface area contributed by atoms with Gasteiger partial charge >= 0.3 is 0 Å². The Morgan fingerprint density at radius 2 is 1.38 bits per heavy atom. The maximum absolute atomic E-state index is 13.1. The lowest BCUT2D eigenvalue weighted by atomic mass is 9.87. The van der Waals surface area contributed by atoms with Crippen molar-refractivity contribution in [1.82, 2.24) is 4.98 Å². The number of benzene rings is 3. The summed E-state index contributed by atoms with van der Waals surface area (Å²) in [6, 6.07) is 17.0. The van der Waals surface area contributed by atoms with Crippen LogP contribution in [0.1, 0.15) is 32.0 Å². The SMILES string of the molecule is Nc1ccc(S(=O)(=O)c2ccc3[nH]c4c(c3c2)C(=O)c2ccccc2C4=O)cc1. The topological polar surface area (TPSA) is 110 Å². The predicted octanol–water partition coefficient (Wildman–Crippen LogP) is 3.36. The Kier molecular flexibility index (Phi) is 3.53. The first-order chi connectivity index (χ1) is 13.9. The van der Waals surface area contributed by atoms with Gasteiger partial charge in [-0.05, 0) is 42.5 Å². The van der Waals surface area contributed by atoms with Crippen molar-refractivity contribution < 1.29 is 18.0 Å². The molecule has 29 heavy (non-hydrogen) atoms. The summed E-state index contributed by atoms with van der Waals surface area (Å²) in [5, 5.41) is 0.407. The van der Waals surface area contributed by atoms with Crippen molar-refractivity contribution in [2.24, 2.45) is 0 Å². The van der Waals surface area contributed by atoms with Crippen molar-refractivity contribution in [1.29, 1.82) is 0 Å². The van der Waals surface area contributed by atoms with Crippen LogP contribution in [0.25, 0.3) is 10.9 Å². The second-order valence-electron chi connectivity index (χ2n) is 6.86. The largest absolute Gasteiger partial charge is 0.399 e. The van der Waals surface area contributed by atoms with Crippen LogP contribution in [0.5, 0.6) is 0 Å². The molecule has 5 rings (SSSR count). The molecule has 0 unspecified atom stereocenters. The summed E-state index contributed by atoms with van der Waals surface area (Å²) in [7, 11) is -3.81. The Bertz CT molecular complexity index is 1450. The third-order valence-corrected chi connectivity index (χ3v) is 6.91. The smallest absolute Gasteiger partial charge is 0.210 e. The summed E-state index contributed by atoms with van der Waals surface area (Å²) in [5.74, 6) is -0.585. The van der Waals surface area contributed by atoms with Gasteiger partial charge in [0.2, 0.25) is 15.6 Å². The number of carbonyl (C=O) groups excluding carboxylic acids is 2. The molecule has 4 aromatic rings. The summed E-state index contributed by atoms with van der Waals surface area (Å²) in [6.45, 7) is 0. The number of nitrogens with two attached hydrogens (primary N) is 1. The molecule has 1 aliphatic carbocycles. The minimum Gasteiger partial charge on any atom is -0.399 e. The van der Waals surface area contributed by atoms with Crippen LogP contribution in [-0.4, -0.2) is 25.0 Å². The van der Waals surface area contributed by atoms with Gasteiger partial charge in [-0.2, -0.15) is 0 Å². The molecule has 7 heteroatoms. The summed E-state index contributed by atoms with van der Waals surface area (Å²) < 4.78 is 26.0. The number of rotatable bonds is 2. The second-order valence-corrected chi connectivity index (χ2v) is 8.81. The van der Waals surface area contributed by atoms with Gasteiger partial charge in [0.1, 0.15) is 0 Å². The predicted molar refractivity (Wildman–Crippen MR) is 108 cm³/mol. The fourth-order valence-electron chi connectivity index (χ4n) is 3.68. The molecule has 0 saturated carbocycles. The molecule has 1 aromatic heterocycles. The van der Waals surface area contributed by atoms with Crippen LogP contribution in [0.3, 0.4) is 0 Å². The van der Waals surface area contributed by atoms with Gasteiger partial charge in [-0.25, -0.2) is 8.42 Å². The summed E-state index contributed by atoms with van der Waals surface area (Å²) in [6.07, 6.45) is 0. The van der Waals surface area contributed by atoms with E-state index in [1.165, 1.54) is 36.4 Å². The van der Waals surface area contributed by atoms with E-state index in [1.54, 1.807) is 30.3 Å². The zero-order valence-corrected chi connectivity index (χ0v) is 15.8. The van der Waals surface area contributed by atoms with E-state index in [9.17, 15) is 18.0 Å². The number of aromatic amines is 1. The number of fused-ring (bicyclic) bond motifs is 4. The van der Waals surface area contributed by atoms with Gasteiger partial charge in [0, 0.05) is 27.7 Å². The molecular weight excluding hydrogens is 388 g/mol. The number of H-pyrrole nitrogens is 1. The Labute approximate surface area is 165 Å². The zero-order valence-electron chi connectivity index (χ0n) is 15.0. The molecule has 0 fully saturated rings. The fraction of sp³-hybridized carbons (Fsp3) is 0. The summed E-state index contributed by atoms with van der Waals surface area (Å²) in [4.78, 5) is 29.0. The van der Waals surface area contributed by atoms with E-state index in [0.29, 0.717) is 27.7 Å². The monoisotopic (exact) mass is 402 g/mol. The molecule has 0 aliphatic heterocycles. The van der Waals surface area contributed by atoms with E-state index in [2.05, 4.69) is 4.98 Å². The highest BCUT2D eigenvalue weighted by molar-refractivity contribution is 7.91. The van der Waals surface area contributed by atoms with E-state index in [4.69, 9.17) is 5.73 Å². The van der Waals surface area contributed by atoms with Gasteiger partial charge in [0.05, 0.1) is 21.0 Å². The zero-order chi connectivity index (χ0) is 20.3.